The molecule has 16 rings (SSSR count). The number of hydrogen-bond donors (Lipinski definition) is 7. The van der Waals surface area contributed by atoms with Gasteiger partial charge in [0.25, 0.3) is 17.7 Å². The quantitative estimate of drug-likeness (QED) is 0.0218. The molecule has 0 saturated heterocycles. The monoisotopic (exact) mass is 1550 g/mol. The Morgan fingerprint density at radius 1 is 0.405 bits per heavy atom. The minimum Gasteiger partial charge on any atom is -0.423 e. The summed E-state index contributed by atoms with van der Waals surface area (Å²) in [6.45, 7) is 9.08. The van der Waals surface area contributed by atoms with Crippen LogP contribution < -0.4 is 36.7 Å². The third-order valence-electron chi connectivity index (χ3n) is 17.9. The van der Waals surface area contributed by atoms with Gasteiger partial charge >= 0.3 is 14.2 Å². The number of nitrogens with one attached hydrogen (secondary N) is 3. The number of halogens is 1. The van der Waals surface area contributed by atoms with Crippen LogP contribution in [-0.2, 0) is 19.6 Å². The van der Waals surface area contributed by atoms with E-state index in [1.165, 1.54) is 36.0 Å². The van der Waals surface area contributed by atoms with Crippen LogP contribution in [0.15, 0.2) is 263 Å². The Bertz CT molecular complexity index is 5450. The summed E-state index contributed by atoms with van der Waals surface area (Å²) in [5.74, 6) is 1.35. The average molecular weight is 1550 g/mol. The molecule has 9 heterocycles. The Balaban J connectivity index is 0.000000137. The molecule has 7 aromatic carbocycles. The van der Waals surface area contributed by atoms with Gasteiger partial charge in [-0.15, -0.1) is 30.6 Å². The molecule has 0 bridgehead atoms. The molecular weight excluding hydrogens is 1470 g/mol. The molecule has 0 amide bonds. The number of anilines is 5. The topological polar surface area (TPSA) is 332 Å². The Morgan fingerprint density at radius 3 is 1.06 bits per heavy atom. The number of pyridine rings is 3. The first kappa shape index (κ1) is 77.9. The minimum absolute atomic E-state index is 0.447. The number of imidazole rings is 3. The summed E-state index contributed by atoms with van der Waals surface area (Å²) < 4.78 is 23.6. The molecule has 0 unspecified atom stereocenters. The molecule has 111 heavy (non-hydrogen) atoms. The van der Waals surface area contributed by atoms with Crippen molar-refractivity contribution in [3.8, 4) is 56.6 Å². The maximum atomic E-state index is 8.80. The van der Waals surface area contributed by atoms with Gasteiger partial charge < -0.3 is 72.8 Å². The number of fused-ring (bicyclic) bond motifs is 3. The number of hydrogen-bond acceptors (Lipinski definition) is 24. The van der Waals surface area contributed by atoms with Crippen LogP contribution in [0.1, 0.15) is 30.4 Å². The van der Waals surface area contributed by atoms with Crippen LogP contribution in [0.3, 0.4) is 0 Å². The smallest absolute Gasteiger partial charge is 0.423 e. The van der Waals surface area contributed by atoms with E-state index in [-0.39, 0.29) is 0 Å². The first-order chi connectivity index (χ1) is 54.1. The van der Waals surface area contributed by atoms with Crippen LogP contribution in [0.5, 0.6) is 0 Å². The van der Waals surface area contributed by atoms with Crippen LogP contribution in [0, 0.1) is 13.8 Å². The van der Waals surface area contributed by atoms with Gasteiger partial charge in [0.05, 0.1) is 69.3 Å². The first-order valence-electron chi connectivity index (χ1n) is 35.8. The number of aromatic nitrogens is 15. The van der Waals surface area contributed by atoms with Gasteiger partial charge in [-0.25, -0.2) is 15.0 Å². The van der Waals surface area contributed by atoms with E-state index in [0.717, 1.165) is 157 Å². The first-order valence-corrected chi connectivity index (χ1v) is 36.6. The summed E-state index contributed by atoms with van der Waals surface area (Å²) in [7, 11) is 5.23. The normalized spacial score (nSPS) is 10.8. The van der Waals surface area contributed by atoms with Crippen LogP contribution >= 0.6 is 15.9 Å². The molecule has 0 fully saturated rings. The maximum Gasteiger partial charge on any atom is 0.488 e. The van der Waals surface area contributed by atoms with Gasteiger partial charge in [-0.2, -0.15) is 0 Å². The van der Waals surface area contributed by atoms with Crippen molar-refractivity contribution < 1.29 is 33.3 Å². The third-order valence-corrected chi connectivity index (χ3v) is 18.4. The van der Waals surface area contributed by atoms with E-state index in [1.54, 1.807) is 61.4 Å². The summed E-state index contributed by atoms with van der Waals surface area (Å²) in [5.41, 5.74) is 18.2. The molecule has 16 aromatic rings. The Kier molecular flexibility index (Phi) is 26.9. The van der Waals surface area contributed by atoms with E-state index in [4.69, 9.17) is 33.3 Å². The van der Waals surface area contributed by atoms with Gasteiger partial charge in [-0.05, 0) is 133 Å². The highest BCUT2D eigenvalue weighted by atomic mass is 79.9. The highest BCUT2D eigenvalue weighted by Gasteiger charge is 2.20. The van der Waals surface area contributed by atoms with Gasteiger partial charge in [0.2, 0.25) is 19.2 Å². The van der Waals surface area contributed by atoms with Crippen LogP contribution in [0.2, 0.25) is 0 Å². The predicted molar refractivity (Wildman–Crippen MR) is 440 cm³/mol. The molecule has 562 valence electrons. The van der Waals surface area contributed by atoms with Crippen molar-refractivity contribution in [2.24, 2.45) is 0 Å². The summed E-state index contributed by atoms with van der Waals surface area (Å²) in [5, 5.41) is 72.4. The molecule has 9 aromatic heterocycles. The fourth-order valence-electron chi connectivity index (χ4n) is 11.9. The highest BCUT2D eigenvalue weighted by Crippen LogP contribution is 2.38. The van der Waals surface area contributed by atoms with Crippen molar-refractivity contribution in [2.45, 2.75) is 52.7 Å². The van der Waals surface area contributed by atoms with Crippen molar-refractivity contribution in [2.75, 3.05) is 73.6 Å². The molecule has 0 aliphatic carbocycles. The van der Waals surface area contributed by atoms with Crippen LogP contribution in [-0.4, -0.2) is 156 Å². The summed E-state index contributed by atoms with van der Waals surface area (Å²) in [6, 6.07) is 49.9. The molecule has 7 N–H and O–H groups in total. The fraction of sp³-hybridized carbons (Fsp3) is 0.185. The zero-order valence-electron chi connectivity index (χ0n) is 62.1. The number of rotatable bonds is 24. The maximum absolute atomic E-state index is 8.80. The van der Waals surface area contributed by atoms with Crippen LogP contribution in [0.25, 0.3) is 89.3 Å². The van der Waals surface area contributed by atoms with Crippen molar-refractivity contribution in [3.63, 3.8) is 0 Å². The molecule has 0 atom stereocenters. The van der Waals surface area contributed by atoms with E-state index in [2.05, 4.69) is 203 Å². The zero-order chi connectivity index (χ0) is 77.4. The molecule has 0 saturated carbocycles. The van der Waals surface area contributed by atoms with Crippen molar-refractivity contribution >= 4 is 102 Å². The second-order valence-electron chi connectivity index (χ2n) is 26.2. The van der Waals surface area contributed by atoms with Crippen molar-refractivity contribution in [3.05, 3.63) is 261 Å². The van der Waals surface area contributed by atoms with Crippen molar-refractivity contribution in [1.29, 1.82) is 0 Å². The van der Waals surface area contributed by atoms with E-state index in [9.17, 15) is 0 Å². The fourth-order valence-corrected chi connectivity index (χ4v) is 12.3. The number of benzene rings is 7. The minimum atomic E-state index is -1.37. The lowest BCUT2D eigenvalue weighted by atomic mass is 9.80. The predicted octanol–water partition coefficient (Wildman–Crippen LogP) is 12.5. The molecule has 0 radical (unpaired) electrons. The average Bonchev–Trinajstić information content (AvgIpc) is 1.68. The third kappa shape index (κ3) is 21.2. The van der Waals surface area contributed by atoms with E-state index in [1.807, 2.05) is 120 Å². The highest BCUT2D eigenvalue weighted by molar-refractivity contribution is 9.10. The largest absolute Gasteiger partial charge is 0.488 e. The van der Waals surface area contributed by atoms with Crippen LogP contribution in [0.4, 0.5) is 28.4 Å². The molecule has 0 aliphatic rings. The lowest BCUT2D eigenvalue weighted by molar-refractivity contribution is 0.424. The van der Waals surface area contributed by atoms with Gasteiger partial charge in [0.1, 0.15) is 0 Å². The number of nitrogens with zero attached hydrogens (tertiary/aromatic N) is 17. The Morgan fingerprint density at radius 2 is 0.730 bits per heavy atom. The van der Waals surface area contributed by atoms with Gasteiger partial charge in [0, 0.05) is 155 Å². The summed E-state index contributed by atoms with van der Waals surface area (Å²) in [6.07, 6.45) is 29.0. The molecular formula is C81H83B2BrN20O7. The van der Waals surface area contributed by atoms with Crippen molar-refractivity contribution in [1.82, 2.24) is 74.2 Å². The zero-order valence-corrected chi connectivity index (χ0v) is 63.7. The molecule has 0 aliphatic heterocycles. The van der Waals surface area contributed by atoms with Gasteiger partial charge in [-0.1, -0.05) is 112 Å². The molecule has 30 heteroatoms. The Hall–Kier alpha value is -12.7. The lowest BCUT2D eigenvalue weighted by Crippen LogP contribution is -2.29. The van der Waals surface area contributed by atoms with E-state index < -0.39 is 14.2 Å². The van der Waals surface area contributed by atoms with Gasteiger partial charge in [-0.3, -0.25) is 15.0 Å². The lowest BCUT2D eigenvalue weighted by Gasteiger charge is -2.15. The second kappa shape index (κ2) is 38.4. The SMILES string of the molecule is Brc1ccc2ncc(-c3nnco3)c(NCCCn3ccnc3)c2c1.CN(C)c1ccc(-c2ccc3ncc(-c4nnco4)c(NCCCn4ccnc4)c3c2)cc1.CN(C)c1ccc(B(O)O)cc1.Cc1ccc(-c2ccc3ncc(-c4nnco4)c(NCCCn4ccnc4)c3c2)cc1.Cc1ccc(B(O)O)cc1. The van der Waals surface area contributed by atoms with E-state index >= 15 is 0 Å². The Labute approximate surface area is 650 Å². The molecule has 27 nitrogen and oxygen atoms in total. The molecule has 0 spiro atoms. The van der Waals surface area contributed by atoms with Gasteiger partial charge in [0.15, 0.2) is 0 Å². The van der Waals surface area contributed by atoms with E-state index in [0.29, 0.717) is 28.6 Å². The number of aryl methyl sites for hydroxylation is 5. The summed E-state index contributed by atoms with van der Waals surface area (Å²) in [4.78, 5) is 30.1. The second-order valence-corrected chi connectivity index (χ2v) is 27.1. The standard InChI is InChI=1S/C25H25N7O.C24H22N6O.C17H15BrN6O.C8H12BNO2.C7H9BO2/c1-31(2)20-7-4-18(5-8-20)19-6-9-23-21(14-19)24(22(15-28-23)25-30-29-17-33-25)27-10-3-12-32-13-11-26-16-32;1-17-3-5-18(6-4-17)19-7-8-22-20(13-19)23(21(14-27-22)24-29-28-16-31-24)26-9-2-11-30-12-10-25-15-30;18-12-2-3-15-13(8-12)16(14(9-21-15)17-23-22-11-25-17)20-4-1-6-24-7-5-19-10-24;1-10(2)8-5-3-7(4-6-8)9(11)12;1-6-2-4-7(5-3-6)8(9)10/h4-9,11,13-17H,3,10,12H2,1-2H3,(H,27,28);3-8,10,12-16H,2,9,11H2,1H3,(H,26,27);2-3,5,7-11H,1,4,6H2,(H,20,21);3-6,11-12H,1-2H3;2-5,9-10H,1H3. The summed E-state index contributed by atoms with van der Waals surface area (Å²) >= 11 is 3.53.